The van der Waals surface area contributed by atoms with E-state index in [-0.39, 0.29) is 0 Å². The molecule has 0 saturated carbocycles. The third-order valence-corrected chi connectivity index (χ3v) is 0. The van der Waals surface area contributed by atoms with E-state index in [9.17, 15) is 4.21 Å². The second-order valence-electron chi connectivity index (χ2n) is 0.851. The van der Waals surface area contributed by atoms with E-state index < -0.39 is 24.8 Å². The van der Waals surface area contributed by atoms with Gasteiger partial charge in [-0.1, -0.05) is 6.24 Å². The van der Waals surface area contributed by atoms with E-state index >= 15 is 0 Å². The average molecular weight is 229 g/mol. The summed E-state index contributed by atoms with van der Waals surface area (Å²) in [7, 11) is 0. The zero-order valence-electron chi connectivity index (χ0n) is 11.7. The van der Waals surface area contributed by atoms with Crippen molar-refractivity contribution in [1.82, 2.24) is 0 Å². The number of halogens is 1. The molecule has 0 aliphatic rings. The van der Waals surface area contributed by atoms with Crippen LogP contribution in [0.15, 0.2) is 0 Å². The van der Waals surface area contributed by atoms with Crippen LogP contribution in [0.1, 0.15) is 12.3 Å². The normalized spacial score (nSPS) is 47.5. The minimum Gasteiger partial charge on any atom is -0.273 e. The molecule has 0 amide bonds. The summed E-state index contributed by atoms with van der Waals surface area (Å²) >= 11 is 0.594. The van der Waals surface area contributed by atoms with Crippen molar-refractivity contribution in [3.63, 3.8) is 0 Å². The minimum atomic E-state index is -5.83. The molecule has 0 radical (unpaired) electrons. The van der Waals surface area contributed by atoms with Gasteiger partial charge < -0.3 is 0 Å². The predicted octanol–water partition coefficient (Wildman–Crippen LogP) is 1.05. The van der Waals surface area contributed by atoms with E-state index in [1.807, 2.05) is 0 Å². The van der Waals surface area contributed by atoms with E-state index in [1.165, 1.54) is 0 Å². The fourth-order valence-electron chi connectivity index (χ4n) is 0. The lowest BCUT2D eigenvalue weighted by atomic mass is 11.9. The molecule has 0 aromatic rings. The molecule has 0 aliphatic heterocycles. The van der Waals surface area contributed by atoms with Crippen LogP contribution in [0, 0.1) is 0 Å². The standard InChI is InChI=1S/C3H9IOS/c1-6(2,3,4)5/h1-3H3/i1D3,2D3,3D3. The van der Waals surface area contributed by atoms with Gasteiger partial charge in [-0.2, -0.15) is 0 Å². The molecule has 0 atom stereocenters. The second kappa shape index (κ2) is 1.18. The molecule has 0 saturated heterocycles. The zero-order valence-corrected chi connectivity index (χ0v) is 5.67. The first-order valence-electron chi connectivity index (χ1n) is 5.43. The zero-order chi connectivity index (χ0) is 12.9. The molecule has 6 heavy (non-hydrogen) atoms. The van der Waals surface area contributed by atoms with Crippen LogP contribution in [-0.2, 0) is 6.24 Å². The summed E-state index contributed by atoms with van der Waals surface area (Å²) < 4.78 is 74.6. The monoisotopic (exact) mass is 229 g/mol. The first-order valence-corrected chi connectivity index (χ1v) is 5.44. The first-order chi connectivity index (χ1) is 6.07. The van der Waals surface area contributed by atoms with Crippen LogP contribution in [0.2, 0.25) is 0 Å². The quantitative estimate of drug-likeness (QED) is 0.448. The van der Waals surface area contributed by atoms with Crippen LogP contribution in [0.5, 0.6) is 0 Å². The summed E-state index contributed by atoms with van der Waals surface area (Å²) in [5.74, 6) is 0. The maximum absolute atomic E-state index is 12.2. The molecule has 0 spiro atoms. The Morgan fingerprint density at radius 3 is 2.00 bits per heavy atom. The summed E-state index contributed by atoms with van der Waals surface area (Å²) in [4.78, 5) is 0. The average Bonchev–Trinajstić information content (AvgIpc) is 1.78. The maximum atomic E-state index is 12.2. The van der Waals surface area contributed by atoms with E-state index in [4.69, 9.17) is 12.3 Å². The molecule has 0 bridgehead atoms. The highest BCUT2D eigenvalue weighted by atomic mass is 127. The highest BCUT2D eigenvalue weighted by molar-refractivity contribution is 14.2. The van der Waals surface area contributed by atoms with E-state index in [0.29, 0.717) is 21.2 Å². The van der Waals surface area contributed by atoms with Crippen LogP contribution < -0.4 is 0 Å². The van der Waals surface area contributed by atoms with Gasteiger partial charge in [-0.15, -0.1) is 0 Å². The Balaban J connectivity index is 6.23. The Labute approximate surface area is 63.1 Å². The van der Waals surface area contributed by atoms with Crippen molar-refractivity contribution in [2.75, 3.05) is 18.6 Å². The lowest BCUT2D eigenvalue weighted by molar-refractivity contribution is 0.681. The van der Waals surface area contributed by atoms with Gasteiger partial charge in [0.25, 0.3) is 0 Å². The highest BCUT2D eigenvalue weighted by Crippen LogP contribution is 2.20. The smallest absolute Gasteiger partial charge is 0.0360 e. The predicted molar refractivity (Wildman–Crippen MR) is 39.9 cm³/mol. The van der Waals surface area contributed by atoms with Gasteiger partial charge >= 0.3 is 0 Å². The molecule has 0 heterocycles. The van der Waals surface area contributed by atoms with Crippen molar-refractivity contribution in [1.29, 1.82) is 0 Å². The molecule has 1 nitrogen and oxygen atoms in total. The van der Waals surface area contributed by atoms with E-state index in [0.717, 1.165) is 0 Å². The Kier molecular flexibility index (Phi) is 0.212. The molecule has 0 rings (SSSR count). The van der Waals surface area contributed by atoms with E-state index in [2.05, 4.69) is 0 Å². The lowest BCUT2D eigenvalue weighted by Gasteiger charge is -2.16. The Bertz CT molecular complexity index is 274. The van der Waals surface area contributed by atoms with Gasteiger partial charge in [0, 0.05) is 33.5 Å². The fourth-order valence-corrected chi connectivity index (χ4v) is 0. The molecular formula is C3H9IOS. The molecular weight excluding hydrogens is 211 g/mol. The van der Waals surface area contributed by atoms with Gasteiger partial charge in [-0.3, -0.25) is 4.21 Å². The molecule has 0 unspecified atom stereocenters. The minimum absolute atomic E-state index is 0.594. The summed E-state index contributed by atoms with van der Waals surface area (Å²) in [5.41, 5.74) is 0. The Hall–Kier alpha value is 0.880. The third-order valence-electron chi connectivity index (χ3n) is 0. The van der Waals surface area contributed by atoms with Gasteiger partial charge in [0.15, 0.2) is 0 Å². The number of rotatable bonds is 0. The molecule has 0 N–H and O–H groups in total. The fraction of sp³-hybridized carbons (Fsp3) is 1.00. The molecule has 40 valence electrons. The summed E-state index contributed by atoms with van der Waals surface area (Å²) in [6.07, 6.45) is -16.6. The van der Waals surface area contributed by atoms with Crippen molar-refractivity contribution in [2.45, 2.75) is 0 Å². The molecule has 0 aromatic heterocycles. The Morgan fingerprint density at radius 2 is 2.00 bits per heavy atom. The van der Waals surface area contributed by atoms with Gasteiger partial charge in [0.1, 0.15) is 0 Å². The van der Waals surface area contributed by atoms with Crippen LogP contribution in [-0.4, -0.2) is 22.8 Å². The van der Waals surface area contributed by atoms with Crippen molar-refractivity contribution in [3.8, 4) is 0 Å². The summed E-state index contributed by atoms with van der Waals surface area (Å²) in [6, 6.07) is 0. The maximum Gasteiger partial charge on any atom is 0.0360 e. The van der Waals surface area contributed by atoms with Crippen LogP contribution in [0.25, 0.3) is 0 Å². The SMILES string of the molecule is [2H]C([2H])([2H])S(=O)(I)(C([2H])([2H])[2H])C([2H])([2H])[2H]. The van der Waals surface area contributed by atoms with Crippen molar-refractivity contribution < 1.29 is 16.5 Å². The van der Waals surface area contributed by atoms with Crippen LogP contribution in [0.3, 0.4) is 0 Å². The highest BCUT2D eigenvalue weighted by Gasteiger charge is 2.08. The first kappa shape index (κ1) is 1.07. The van der Waals surface area contributed by atoms with Crippen molar-refractivity contribution in [3.05, 3.63) is 0 Å². The third kappa shape index (κ3) is 94.9. The van der Waals surface area contributed by atoms with Gasteiger partial charge in [0.2, 0.25) is 0 Å². The lowest BCUT2D eigenvalue weighted by Crippen LogP contribution is -2.15. The van der Waals surface area contributed by atoms with E-state index in [1.54, 1.807) is 0 Å². The largest absolute Gasteiger partial charge is 0.273 e. The van der Waals surface area contributed by atoms with Crippen molar-refractivity contribution >= 4 is 27.4 Å². The van der Waals surface area contributed by atoms with Crippen LogP contribution in [0.4, 0.5) is 0 Å². The molecule has 0 fully saturated rings. The van der Waals surface area contributed by atoms with Gasteiger partial charge in [-0.25, -0.2) is 0 Å². The van der Waals surface area contributed by atoms with Gasteiger partial charge in [0.05, 0.1) is 0 Å². The Morgan fingerprint density at radius 1 is 1.67 bits per heavy atom. The summed E-state index contributed by atoms with van der Waals surface area (Å²) in [5, 5.41) is 0. The number of hydrogen-bond donors (Lipinski definition) is 0. The topological polar surface area (TPSA) is 17.1 Å². The van der Waals surface area contributed by atoms with Gasteiger partial charge in [-0.05, 0) is 18.6 Å². The second-order valence-corrected chi connectivity index (χ2v) is 7.59. The van der Waals surface area contributed by atoms with Crippen LogP contribution >= 0.6 is 21.2 Å². The number of hydrogen-bond acceptors (Lipinski definition) is 1. The molecule has 3 heteroatoms. The van der Waals surface area contributed by atoms with Crippen molar-refractivity contribution in [2.24, 2.45) is 0 Å². The molecule has 0 aromatic carbocycles. The molecule has 0 aliphatic carbocycles. The summed E-state index contributed by atoms with van der Waals surface area (Å²) in [6.45, 7) is 0.